The number of rotatable bonds is 6. The van der Waals surface area contributed by atoms with Crippen LogP contribution in [0.15, 0.2) is 88.8 Å². The molecule has 1 heterocycles. The van der Waals surface area contributed by atoms with E-state index in [1.54, 1.807) is 30.3 Å². The van der Waals surface area contributed by atoms with E-state index in [-0.39, 0.29) is 23.1 Å². The van der Waals surface area contributed by atoms with Gasteiger partial charge in [0.1, 0.15) is 5.82 Å². The van der Waals surface area contributed by atoms with Gasteiger partial charge >= 0.3 is 6.03 Å². The molecule has 0 saturated heterocycles. The highest BCUT2D eigenvalue weighted by molar-refractivity contribution is 7.99. The molecule has 3 aromatic carbocycles. The number of hydrogen-bond donors (Lipinski definition) is 2. The maximum atomic E-state index is 14.5. The Morgan fingerprint density at radius 3 is 2.42 bits per heavy atom. The van der Waals surface area contributed by atoms with Crippen LogP contribution < -0.4 is 16.2 Å². The number of fused-ring (bicyclic) bond motifs is 1. The van der Waals surface area contributed by atoms with Crippen molar-refractivity contribution in [3.8, 4) is 5.69 Å². The Hall–Kier alpha value is -3.98. The number of halogens is 1. The normalized spacial score (nSPS) is 10.7. The third-order valence-electron chi connectivity index (χ3n) is 4.72. The lowest BCUT2D eigenvalue weighted by atomic mass is 10.2. The van der Waals surface area contributed by atoms with Gasteiger partial charge in [0, 0.05) is 6.54 Å². The molecule has 0 fully saturated rings. The summed E-state index contributed by atoms with van der Waals surface area (Å²) in [5, 5.41) is 5.32. The summed E-state index contributed by atoms with van der Waals surface area (Å²) in [5.41, 5.74) is 0.904. The lowest BCUT2D eigenvalue weighted by Crippen LogP contribution is -2.40. The number of benzene rings is 3. The van der Waals surface area contributed by atoms with E-state index in [1.165, 1.54) is 18.2 Å². The van der Waals surface area contributed by atoms with Crippen molar-refractivity contribution in [3.05, 3.63) is 101 Å². The maximum absolute atomic E-state index is 14.5. The first-order valence-corrected chi connectivity index (χ1v) is 11.0. The highest BCUT2D eigenvalue weighted by Gasteiger charge is 2.17. The molecule has 0 radical (unpaired) electrons. The SMILES string of the molecule is O=C(CSc1nc2ccccc2c(=O)n1-c1ccccc1F)NC(=O)NCc1ccccc1. The van der Waals surface area contributed by atoms with Crippen LogP contribution >= 0.6 is 11.8 Å². The Morgan fingerprint density at radius 2 is 1.64 bits per heavy atom. The van der Waals surface area contributed by atoms with Gasteiger partial charge in [-0.3, -0.25) is 19.5 Å². The van der Waals surface area contributed by atoms with Crippen molar-refractivity contribution >= 4 is 34.6 Å². The lowest BCUT2D eigenvalue weighted by Gasteiger charge is -2.13. The number of carbonyl (C=O) groups excluding carboxylic acids is 2. The Bertz CT molecular complexity index is 1380. The molecule has 33 heavy (non-hydrogen) atoms. The summed E-state index contributed by atoms with van der Waals surface area (Å²) < 4.78 is 15.6. The molecule has 1 aromatic heterocycles. The van der Waals surface area contributed by atoms with Gasteiger partial charge < -0.3 is 5.32 Å². The van der Waals surface area contributed by atoms with Gasteiger partial charge in [-0.05, 0) is 29.8 Å². The van der Waals surface area contributed by atoms with Crippen molar-refractivity contribution < 1.29 is 14.0 Å². The van der Waals surface area contributed by atoms with Crippen molar-refractivity contribution in [2.75, 3.05) is 5.75 Å². The first kappa shape index (κ1) is 22.2. The van der Waals surface area contributed by atoms with Gasteiger partial charge in [0.2, 0.25) is 5.91 Å². The largest absolute Gasteiger partial charge is 0.334 e. The number of amides is 3. The molecule has 4 aromatic rings. The summed E-state index contributed by atoms with van der Waals surface area (Å²) in [5.74, 6) is -1.37. The molecule has 4 rings (SSSR count). The monoisotopic (exact) mass is 462 g/mol. The Morgan fingerprint density at radius 1 is 0.939 bits per heavy atom. The van der Waals surface area contributed by atoms with Gasteiger partial charge in [-0.1, -0.05) is 66.4 Å². The number of urea groups is 1. The molecule has 0 bridgehead atoms. The van der Waals surface area contributed by atoms with E-state index in [9.17, 15) is 18.8 Å². The Balaban J connectivity index is 1.51. The fourth-order valence-electron chi connectivity index (χ4n) is 3.17. The van der Waals surface area contributed by atoms with Crippen molar-refractivity contribution in [2.24, 2.45) is 0 Å². The summed E-state index contributed by atoms with van der Waals surface area (Å²) in [4.78, 5) is 41.9. The summed E-state index contributed by atoms with van der Waals surface area (Å²) in [6.45, 7) is 0.270. The molecule has 0 unspecified atom stereocenters. The minimum atomic E-state index is -0.637. The van der Waals surface area contributed by atoms with Crippen LogP contribution in [0.2, 0.25) is 0 Å². The van der Waals surface area contributed by atoms with Crippen LogP contribution in [0.25, 0.3) is 16.6 Å². The van der Waals surface area contributed by atoms with Crippen molar-refractivity contribution in [1.29, 1.82) is 0 Å². The van der Waals surface area contributed by atoms with Gasteiger partial charge in [-0.25, -0.2) is 14.2 Å². The van der Waals surface area contributed by atoms with Gasteiger partial charge in [0.25, 0.3) is 5.56 Å². The third kappa shape index (κ3) is 5.27. The molecule has 9 heteroatoms. The first-order valence-electron chi connectivity index (χ1n) is 10.0. The number of hydrogen-bond acceptors (Lipinski definition) is 5. The van der Waals surface area contributed by atoms with E-state index in [0.717, 1.165) is 21.9 Å². The molecule has 0 aliphatic heterocycles. The topological polar surface area (TPSA) is 93.1 Å². The van der Waals surface area contributed by atoms with Gasteiger partial charge in [-0.15, -0.1) is 0 Å². The molecule has 7 nitrogen and oxygen atoms in total. The van der Waals surface area contributed by atoms with E-state index in [2.05, 4.69) is 15.6 Å². The molecular formula is C24H19FN4O3S. The molecule has 2 N–H and O–H groups in total. The predicted octanol–water partition coefficient (Wildman–Crippen LogP) is 3.64. The zero-order chi connectivity index (χ0) is 23.2. The summed E-state index contributed by atoms with van der Waals surface area (Å²) >= 11 is 0.937. The highest BCUT2D eigenvalue weighted by atomic mass is 32.2. The summed E-state index contributed by atoms with van der Waals surface area (Å²) in [6, 6.07) is 21.2. The fraction of sp³-hybridized carbons (Fsp3) is 0.0833. The second-order valence-corrected chi connectivity index (χ2v) is 7.95. The molecule has 0 aliphatic carbocycles. The van der Waals surface area contributed by atoms with Crippen LogP contribution in [0.1, 0.15) is 5.56 Å². The predicted molar refractivity (Wildman–Crippen MR) is 125 cm³/mol. The second kappa shape index (κ2) is 10.1. The summed E-state index contributed by atoms with van der Waals surface area (Å²) in [6.07, 6.45) is 0. The number of para-hydroxylation sites is 2. The van der Waals surface area contributed by atoms with E-state index < -0.39 is 23.3 Å². The van der Waals surface area contributed by atoms with Gasteiger partial charge in [-0.2, -0.15) is 0 Å². The molecule has 3 amide bonds. The maximum Gasteiger partial charge on any atom is 0.321 e. The number of aromatic nitrogens is 2. The Kier molecular flexibility index (Phi) is 6.80. The molecule has 166 valence electrons. The van der Waals surface area contributed by atoms with Crippen molar-refractivity contribution in [2.45, 2.75) is 11.7 Å². The quantitative estimate of drug-likeness (QED) is 0.337. The van der Waals surface area contributed by atoms with Crippen molar-refractivity contribution in [3.63, 3.8) is 0 Å². The summed E-state index contributed by atoms with van der Waals surface area (Å²) in [7, 11) is 0. The van der Waals surface area contributed by atoms with Crippen LogP contribution in [0.3, 0.4) is 0 Å². The third-order valence-corrected chi connectivity index (χ3v) is 5.66. The molecule has 0 atom stereocenters. The van der Waals surface area contributed by atoms with Crippen LogP contribution in [0, 0.1) is 5.82 Å². The standard InChI is InChI=1S/C24H19FN4O3S/c25-18-11-5-7-13-20(18)29-22(31)17-10-4-6-12-19(17)27-24(29)33-15-21(30)28-23(32)26-14-16-8-2-1-3-9-16/h1-13H,14-15H2,(H2,26,28,30,32). The second-order valence-electron chi connectivity index (χ2n) is 7.01. The molecule has 0 saturated carbocycles. The Labute approximate surface area is 192 Å². The highest BCUT2D eigenvalue weighted by Crippen LogP contribution is 2.22. The number of nitrogens with zero attached hydrogens (tertiary/aromatic N) is 2. The lowest BCUT2D eigenvalue weighted by molar-refractivity contribution is -0.117. The van der Waals surface area contributed by atoms with E-state index >= 15 is 0 Å². The zero-order valence-electron chi connectivity index (χ0n) is 17.3. The van der Waals surface area contributed by atoms with Gasteiger partial charge in [0.05, 0.1) is 22.3 Å². The smallest absolute Gasteiger partial charge is 0.321 e. The van der Waals surface area contributed by atoms with E-state index in [4.69, 9.17) is 0 Å². The van der Waals surface area contributed by atoms with Crippen LogP contribution in [0.4, 0.5) is 9.18 Å². The van der Waals surface area contributed by atoms with Crippen LogP contribution in [-0.4, -0.2) is 27.2 Å². The van der Waals surface area contributed by atoms with E-state index in [0.29, 0.717) is 10.9 Å². The number of carbonyl (C=O) groups is 2. The van der Waals surface area contributed by atoms with E-state index in [1.807, 2.05) is 30.3 Å². The fourth-order valence-corrected chi connectivity index (χ4v) is 3.98. The first-order chi connectivity index (χ1) is 16.0. The molecular weight excluding hydrogens is 443 g/mol. The van der Waals surface area contributed by atoms with Crippen molar-refractivity contribution in [1.82, 2.24) is 20.2 Å². The molecule has 0 spiro atoms. The zero-order valence-corrected chi connectivity index (χ0v) is 18.1. The average molecular weight is 463 g/mol. The number of imide groups is 1. The molecule has 0 aliphatic rings. The van der Waals surface area contributed by atoms with Crippen LogP contribution in [-0.2, 0) is 11.3 Å². The average Bonchev–Trinajstić information content (AvgIpc) is 2.83. The minimum Gasteiger partial charge on any atom is -0.334 e. The van der Waals surface area contributed by atoms with Crippen LogP contribution in [0.5, 0.6) is 0 Å². The number of thioether (sulfide) groups is 1. The number of nitrogens with one attached hydrogen (secondary N) is 2. The minimum absolute atomic E-state index is 0.0317. The van der Waals surface area contributed by atoms with Gasteiger partial charge in [0.15, 0.2) is 5.16 Å².